The van der Waals surface area contributed by atoms with Crippen molar-refractivity contribution in [3.05, 3.63) is 102 Å². The lowest BCUT2D eigenvalue weighted by atomic mass is 9.91. The van der Waals surface area contributed by atoms with Crippen molar-refractivity contribution in [3.63, 3.8) is 0 Å². The third-order valence-electron chi connectivity index (χ3n) is 7.16. The predicted molar refractivity (Wildman–Crippen MR) is 152 cm³/mol. The number of amides is 2. The molecule has 212 valence electrons. The van der Waals surface area contributed by atoms with E-state index in [9.17, 15) is 23.2 Å². The van der Waals surface area contributed by atoms with Crippen LogP contribution in [0.3, 0.4) is 0 Å². The summed E-state index contributed by atoms with van der Waals surface area (Å²) in [6.45, 7) is 2.20. The zero-order chi connectivity index (χ0) is 29.0. The summed E-state index contributed by atoms with van der Waals surface area (Å²) in [5, 5.41) is 13.0. The highest BCUT2D eigenvalue weighted by atomic mass is 32.2. The van der Waals surface area contributed by atoms with Crippen LogP contribution in [0.5, 0.6) is 5.75 Å². The second-order valence-electron chi connectivity index (χ2n) is 9.88. The van der Waals surface area contributed by atoms with Crippen LogP contribution in [-0.4, -0.2) is 53.9 Å². The molecule has 0 aliphatic carbocycles. The van der Waals surface area contributed by atoms with Crippen molar-refractivity contribution in [2.45, 2.75) is 30.9 Å². The van der Waals surface area contributed by atoms with E-state index in [-0.39, 0.29) is 24.4 Å². The Labute approximate surface area is 238 Å². The summed E-state index contributed by atoms with van der Waals surface area (Å²) in [5.74, 6) is -1.41. The molecule has 1 aromatic heterocycles. The Balaban J connectivity index is 1.27. The van der Waals surface area contributed by atoms with Gasteiger partial charge in [-0.3, -0.25) is 19.8 Å². The molecule has 0 saturated carbocycles. The van der Waals surface area contributed by atoms with Gasteiger partial charge in [-0.25, -0.2) is 13.9 Å². The Bertz CT molecular complexity index is 1660. The number of aryl methyl sites for hydroxylation is 1. The molecular formula is C30H30N4O6S. The SMILES string of the molecule is Cc1cc(COc2ccc(C(=O)N[C@@H]3CN(S(=O)(=O)c4ccccc4)CC[C@@H]3C(=O)NO)cc2)c2ccccc2n1. The molecule has 1 saturated heterocycles. The minimum Gasteiger partial charge on any atom is -0.489 e. The quantitative estimate of drug-likeness (QED) is 0.217. The Morgan fingerprint density at radius 1 is 1.02 bits per heavy atom. The fourth-order valence-electron chi connectivity index (χ4n) is 5.05. The molecule has 5 rings (SSSR count). The molecule has 4 aromatic rings. The predicted octanol–water partition coefficient (Wildman–Crippen LogP) is 3.44. The number of hydrogen-bond acceptors (Lipinski definition) is 7. The Morgan fingerprint density at radius 3 is 2.46 bits per heavy atom. The number of pyridine rings is 1. The maximum Gasteiger partial charge on any atom is 0.251 e. The number of piperidine rings is 1. The van der Waals surface area contributed by atoms with Crippen molar-refractivity contribution < 1.29 is 28.0 Å². The van der Waals surface area contributed by atoms with Gasteiger partial charge in [0.05, 0.1) is 22.4 Å². The molecule has 11 heteroatoms. The summed E-state index contributed by atoms with van der Waals surface area (Å²) >= 11 is 0. The lowest BCUT2D eigenvalue weighted by Crippen LogP contribution is -2.57. The average Bonchev–Trinajstić information content (AvgIpc) is 3.00. The Morgan fingerprint density at radius 2 is 1.73 bits per heavy atom. The molecule has 0 unspecified atom stereocenters. The van der Waals surface area contributed by atoms with Crippen molar-refractivity contribution in [2.75, 3.05) is 13.1 Å². The number of ether oxygens (including phenoxy) is 1. The third kappa shape index (κ3) is 6.22. The van der Waals surface area contributed by atoms with Crippen LogP contribution >= 0.6 is 0 Å². The summed E-state index contributed by atoms with van der Waals surface area (Å²) in [6.07, 6.45) is 0.124. The van der Waals surface area contributed by atoms with E-state index in [0.29, 0.717) is 17.9 Å². The first-order valence-electron chi connectivity index (χ1n) is 13.1. The van der Waals surface area contributed by atoms with Gasteiger partial charge in [0.1, 0.15) is 12.4 Å². The van der Waals surface area contributed by atoms with Gasteiger partial charge in [-0.1, -0.05) is 36.4 Å². The molecule has 2 heterocycles. The summed E-state index contributed by atoms with van der Waals surface area (Å²) in [6, 6.07) is 23.5. The van der Waals surface area contributed by atoms with Gasteiger partial charge in [-0.15, -0.1) is 0 Å². The van der Waals surface area contributed by atoms with Gasteiger partial charge in [0.25, 0.3) is 5.91 Å². The number of fused-ring (bicyclic) bond motifs is 1. The van der Waals surface area contributed by atoms with Crippen LogP contribution in [0.1, 0.15) is 28.0 Å². The van der Waals surface area contributed by atoms with Gasteiger partial charge in [0.2, 0.25) is 15.9 Å². The first kappa shape index (κ1) is 28.2. The number of carbonyl (C=O) groups is 2. The van der Waals surface area contributed by atoms with E-state index in [1.54, 1.807) is 47.9 Å². The fourth-order valence-corrected chi connectivity index (χ4v) is 6.56. The molecule has 0 radical (unpaired) electrons. The van der Waals surface area contributed by atoms with Crippen LogP contribution in [0.2, 0.25) is 0 Å². The van der Waals surface area contributed by atoms with Crippen LogP contribution in [0.15, 0.2) is 89.8 Å². The van der Waals surface area contributed by atoms with E-state index in [2.05, 4.69) is 10.3 Å². The highest BCUT2D eigenvalue weighted by Crippen LogP contribution is 2.25. The van der Waals surface area contributed by atoms with Crippen molar-refractivity contribution in [2.24, 2.45) is 5.92 Å². The number of carbonyl (C=O) groups excluding carboxylic acids is 2. The lowest BCUT2D eigenvalue weighted by Gasteiger charge is -2.37. The lowest BCUT2D eigenvalue weighted by molar-refractivity contribution is -0.135. The Hall–Kier alpha value is -4.32. The van der Waals surface area contributed by atoms with Crippen LogP contribution in [0, 0.1) is 12.8 Å². The van der Waals surface area contributed by atoms with Crippen LogP contribution in [0.4, 0.5) is 0 Å². The monoisotopic (exact) mass is 574 g/mol. The number of aromatic nitrogens is 1. The van der Waals surface area contributed by atoms with Gasteiger partial charge in [0.15, 0.2) is 0 Å². The molecule has 1 aliphatic rings. The van der Waals surface area contributed by atoms with Crippen molar-refractivity contribution in [1.82, 2.24) is 20.1 Å². The fraction of sp³-hybridized carbons (Fsp3) is 0.233. The number of hydroxylamine groups is 1. The van der Waals surface area contributed by atoms with E-state index >= 15 is 0 Å². The van der Waals surface area contributed by atoms with Gasteiger partial charge >= 0.3 is 0 Å². The third-order valence-corrected chi connectivity index (χ3v) is 9.04. The number of nitrogens with zero attached hydrogens (tertiary/aromatic N) is 2. The highest BCUT2D eigenvalue weighted by Gasteiger charge is 2.39. The maximum absolute atomic E-state index is 13.2. The van der Waals surface area contributed by atoms with Gasteiger partial charge < -0.3 is 10.1 Å². The van der Waals surface area contributed by atoms with Crippen LogP contribution in [0.25, 0.3) is 10.9 Å². The Kier molecular flexibility index (Phi) is 8.29. The minimum atomic E-state index is -3.84. The molecule has 41 heavy (non-hydrogen) atoms. The number of para-hydroxylation sites is 1. The minimum absolute atomic E-state index is 0.0695. The second kappa shape index (κ2) is 12.0. The molecule has 1 fully saturated rings. The topological polar surface area (TPSA) is 138 Å². The smallest absolute Gasteiger partial charge is 0.251 e. The number of sulfonamides is 1. The molecule has 3 aromatic carbocycles. The second-order valence-corrected chi connectivity index (χ2v) is 11.8. The van der Waals surface area contributed by atoms with E-state index in [4.69, 9.17) is 4.74 Å². The highest BCUT2D eigenvalue weighted by molar-refractivity contribution is 7.89. The number of nitrogens with one attached hydrogen (secondary N) is 2. The van der Waals surface area contributed by atoms with Crippen molar-refractivity contribution in [1.29, 1.82) is 0 Å². The van der Waals surface area contributed by atoms with Crippen molar-refractivity contribution >= 4 is 32.7 Å². The number of hydrogen-bond donors (Lipinski definition) is 3. The zero-order valence-corrected chi connectivity index (χ0v) is 23.2. The van der Waals surface area contributed by atoms with Crippen LogP contribution < -0.4 is 15.5 Å². The first-order valence-corrected chi connectivity index (χ1v) is 14.6. The van der Waals surface area contributed by atoms with E-state index in [0.717, 1.165) is 22.2 Å². The molecule has 3 N–H and O–H groups in total. The van der Waals surface area contributed by atoms with E-state index in [1.165, 1.54) is 16.4 Å². The molecule has 2 atom stereocenters. The number of rotatable bonds is 8. The van der Waals surface area contributed by atoms with Gasteiger partial charge in [-0.05, 0) is 61.9 Å². The standard InChI is InChI=1S/C30H30N4O6S/c1-20-17-22(25-9-5-6-10-27(25)31-20)19-40-23-13-11-21(12-14-23)29(35)32-28-18-34(16-15-26(28)30(36)33-37)41(38,39)24-7-3-2-4-8-24/h2-14,17,26,28,37H,15-16,18-19H2,1H3,(H,32,35)(H,33,36)/t26-,28+/m0/s1. The summed E-state index contributed by atoms with van der Waals surface area (Å²) < 4.78 is 33.6. The molecule has 0 bridgehead atoms. The summed E-state index contributed by atoms with van der Waals surface area (Å²) in [7, 11) is -3.84. The van der Waals surface area contributed by atoms with Gasteiger partial charge in [-0.2, -0.15) is 4.31 Å². The first-order chi connectivity index (χ1) is 19.8. The number of benzene rings is 3. The summed E-state index contributed by atoms with van der Waals surface area (Å²) in [4.78, 5) is 30.2. The normalized spacial score (nSPS) is 17.6. The molecule has 10 nitrogen and oxygen atoms in total. The zero-order valence-electron chi connectivity index (χ0n) is 22.4. The maximum atomic E-state index is 13.2. The molecular weight excluding hydrogens is 544 g/mol. The van der Waals surface area contributed by atoms with Crippen LogP contribution in [-0.2, 0) is 21.4 Å². The molecule has 0 spiro atoms. The summed E-state index contributed by atoms with van der Waals surface area (Å²) in [5.41, 5.74) is 4.73. The van der Waals surface area contributed by atoms with Gasteiger partial charge in [0, 0.05) is 35.3 Å². The van der Waals surface area contributed by atoms with E-state index < -0.39 is 33.8 Å². The largest absolute Gasteiger partial charge is 0.489 e. The average molecular weight is 575 g/mol. The van der Waals surface area contributed by atoms with E-state index in [1.807, 2.05) is 37.3 Å². The molecule has 2 amide bonds. The van der Waals surface area contributed by atoms with Crippen molar-refractivity contribution in [3.8, 4) is 5.75 Å². The molecule has 1 aliphatic heterocycles.